The van der Waals surface area contributed by atoms with E-state index in [1.807, 2.05) is 6.07 Å². The first-order valence-electron chi connectivity index (χ1n) is 8.96. The van der Waals surface area contributed by atoms with Gasteiger partial charge in [-0.2, -0.15) is 0 Å². The Bertz CT molecular complexity index is 1270. The number of rotatable bonds is 2. The Morgan fingerprint density at radius 2 is 1.72 bits per heavy atom. The van der Waals surface area contributed by atoms with Crippen molar-refractivity contribution in [2.24, 2.45) is 7.05 Å². The monoisotopic (exact) mass is 414 g/mol. The lowest BCUT2D eigenvalue weighted by molar-refractivity contribution is 0.623. The fourth-order valence-corrected chi connectivity index (χ4v) is 3.60. The van der Waals surface area contributed by atoms with Crippen LogP contribution in [0, 0.1) is 11.6 Å². The average molecular weight is 415 g/mol. The van der Waals surface area contributed by atoms with Crippen molar-refractivity contribution in [3.05, 3.63) is 53.6 Å². The predicted molar refractivity (Wildman–Crippen MR) is 110 cm³/mol. The lowest BCUT2D eigenvalue weighted by Crippen LogP contribution is -2.20. The summed E-state index contributed by atoms with van der Waals surface area (Å²) in [4.78, 5) is 0. The maximum atomic E-state index is 14.8. The van der Waals surface area contributed by atoms with Crippen molar-refractivity contribution in [2.75, 3.05) is 13.1 Å². The number of nitrogens with zero attached hydrogens (tertiary/aromatic N) is 5. The zero-order valence-electron chi connectivity index (χ0n) is 15.5. The summed E-state index contributed by atoms with van der Waals surface area (Å²) in [6.45, 7) is 1.64. The van der Waals surface area contributed by atoms with E-state index in [9.17, 15) is 8.78 Å². The highest BCUT2D eigenvalue weighted by molar-refractivity contribution is 5.88. The van der Waals surface area contributed by atoms with Gasteiger partial charge in [0.05, 0.1) is 11.2 Å². The highest BCUT2D eigenvalue weighted by atomic mass is 35.5. The topological polar surface area (TPSA) is 68.5 Å². The van der Waals surface area contributed by atoms with Gasteiger partial charge in [0.15, 0.2) is 5.82 Å². The summed E-state index contributed by atoms with van der Waals surface area (Å²) >= 11 is 0. The number of aromatic nitrogens is 5. The fraction of sp³-hybridized carbons (Fsp3) is 0.200. The zero-order valence-corrected chi connectivity index (χ0v) is 16.3. The van der Waals surface area contributed by atoms with Gasteiger partial charge >= 0.3 is 0 Å². The van der Waals surface area contributed by atoms with E-state index < -0.39 is 5.82 Å². The normalized spacial score (nSPS) is 14.1. The molecule has 3 heterocycles. The molecule has 6 nitrogen and oxygen atoms in total. The number of fused-ring (bicyclic) bond motifs is 2. The van der Waals surface area contributed by atoms with Gasteiger partial charge in [0, 0.05) is 24.5 Å². The fourth-order valence-electron chi connectivity index (χ4n) is 3.60. The second kappa shape index (κ2) is 7.46. The number of benzene rings is 2. The zero-order chi connectivity index (χ0) is 19.3. The first-order chi connectivity index (χ1) is 13.6. The number of hydrogen-bond donors (Lipinski definition) is 1. The summed E-state index contributed by atoms with van der Waals surface area (Å²) < 4.78 is 30.6. The highest BCUT2D eigenvalue weighted by Crippen LogP contribution is 2.29. The van der Waals surface area contributed by atoms with Crippen molar-refractivity contribution in [2.45, 2.75) is 6.42 Å². The third-order valence-electron chi connectivity index (χ3n) is 5.04. The van der Waals surface area contributed by atoms with Gasteiger partial charge in [0.25, 0.3) is 0 Å². The van der Waals surface area contributed by atoms with Crippen molar-refractivity contribution in [1.29, 1.82) is 0 Å². The summed E-state index contributed by atoms with van der Waals surface area (Å²) in [5.41, 5.74) is 3.97. The summed E-state index contributed by atoms with van der Waals surface area (Å²) in [5, 5.41) is 19.8. The van der Waals surface area contributed by atoms with Gasteiger partial charge in [-0.3, -0.25) is 0 Å². The molecule has 5 rings (SSSR count). The quantitative estimate of drug-likeness (QED) is 0.542. The molecule has 0 atom stereocenters. The Balaban J connectivity index is 0.00000205. The SMILES string of the molecule is Cl.Cn1nnc2cc(-c3cc4c(F)cc(C5=CCNCC5)cc4nn3)cc(F)c21. The Labute approximate surface area is 171 Å². The molecule has 1 aliphatic rings. The van der Waals surface area contributed by atoms with Crippen LogP contribution in [0.5, 0.6) is 0 Å². The molecule has 2 aromatic carbocycles. The molecule has 9 heteroatoms. The molecule has 4 aromatic rings. The number of aryl methyl sites for hydroxylation is 1. The molecule has 0 saturated heterocycles. The molecule has 1 aliphatic heterocycles. The molecule has 0 fully saturated rings. The summed E-state index contributed by atoms with van der Waals surface area (Å²) in [6.07, 6.45) is 2.90. The van der Waals surface area contributed by atoms with Crippen molar-refractivity contribution < 1.29 is 8.78 Å². The van der Waals surface area contributed by atoms with E-state index >= 15 is 0 Å². The predicted octanol–water partition coefficient (Wildman–Crippen LogP) is 3.66. The largest absolute Gasteiger partial charge is 0.313 e. The summed E-state index contributed by atoms with van der Waals surface area (Å²) in [6, 6.07) is 7.98. The lowest BCUT2D eigenvalue weighted by Gasteiger charge is -2.15. The van der Waals surface area contributed by atoms with Crippen molar-refractivity contribution in [3.8, 4) is 11.3 Å². The lowest BCUT2D eigenvalue weighted by atomic mass is 9.98. The molecule has 1 N–H and O–H groups in total. The van der Waals surface area contributed by atoms with Gasteiger partial charge in [0.2, 0.25) is 0 Å². The van der Waals surface area contributed by atoms with Crippen LogP contribution >= 0.6 is 12.4 Å². The standard InChI is InChI=1S/C20H16F2N6.ClH/c1-28-20-16(22)7-13(9-19(20)26-27-28)17-10-14-15(21)6-12(8-18(14)25-24-17)11-2-4-23-5-3-11;/h2,6-10,23H,3-5H2,1H3;1H. The van der Waals surface area contributed by atoms with Crippen LogP contribution in [0.1, 0.15) is 12.0 Å². The summed E-state index contributed by atoms with van der Waals surface area (Å²) in [7, 11) is 1.62. The number of halogens is 3. The van der Waals surface area contributed by atoms with E-state index in [0.717, 1.165) is 30.6 Å². The van der Waals surface area contributed by atoms with Crippen LogP contribution in [0.25, 0.3) is 38.8 Å². The molecule has 0 unspecified atom stereocenters. The minimum atomic E-state index is -0.462. The highest BCUT2D eigenvalue weighted by Gasteiger charge is 2.15. The van der Waals surface area contributed by atoms with Crippen molar-refractivity contribution >= 4 is 39.9 Å². The van der Waals surface area contributed by atoms with Crippen LogP contribution in [0.15, 0.2) is 36.4 Å². The maximum Gasteiger partial charge on any atom is 0.151 e. The molecule has 2 aromatic heterocycles. The molecule has 0 amide bonds. The van der Waals surface area contributed by atoms with Gasteiger partial charge in [-0.1, -0.05) is 11.3 Å². The van der Waals surface area contributed by atoms with E-state index in [1.165, 1.54) is 16.8 Å². The van der Waals surface area contributed by atoms with Crippen LogP contribution < -0.4 is 5.32 Å². The van der Waals surface area contributed by atoms with Crippen LogP contribution in [0.3, 0.4) is 0 Å². The molecule has 0 saturated carbocycles. The number of hydrogen-bond acceptors (Lipinski definition) is 5. The molecular formula is C20H17ClF2N6. The maximum absolute atomic E-state index is 14.8. The molecule has 0 bridgehead atoms. The van der Waals surface area contributed by atoms with Crippen LogP contribution in [-0.2, 0) is 7.05 Å². The molecule has 0 spiro atoms. The van der Waals surface area contributed by atoms with Crippen molar-refractivity contribution in [3.63, 3.8) is 0 Å². The van der Waals surface area contributed by atoms with E-state index in [0.29, 0.717) is 33.2 Å². The first-order valence-corrected chi connectivity index (χ1v) is 8.96. The molecule has 0 radical (unpaired) electrons. The van der Waals surface area contributed by atoms with E-state index in [-0.39, 0.29) is 18.2 Å². The Morgan fingerprint density at radius 3 is 2.52 bits per heavy atom. The Morgan fingerprint density at radius 1 is 0.931 bits per heavy atom. The van der Waals surface area contributed by atoms with Crippen LogP contribution in [0.2, 0.25) is 0 Å². The van der Waals surface area contributed by atoms with E-state index in [1.54, 1.807) is 19.2 Å². The van der Waals surface area contributed by atoms with Gasteiger partial charge in [-0.05, 0) is 54.4 Å². The second-order valence-electron chi connectivity index (χ2n) is 6.84. The second-order valence-corrected chi connectivity index (χ2v) is 6.84. The Kier molecular flexibility index (Phi) is 4.97. The minimum absolute atomic E-state index is 0. The summed E-state index contributed by atoms with van der Waals surface area (Å²) in [5.74, 6) is -0.834. The van der Waals surface area contributed by atoms with Gasteiger partial charge in [-0.15, -0.1) is 27.7 Å². The molecule has 148 valence electrons. The Hall–Kier alpha value is -2.97. The molecule has 0 aliphatic carbocycles. The van der Waals surface area contributed by atoms with E-state index in [4.69, 9.17) is 0 Å². The number of nitrogens with one attached hydrogen (secondary N) is 1. The van der Waals surface area contributed by atoms with Crippen molar-refractivity contribution in [1.82, 2.24) is 30.5 Å². The molecule has 29 heavy (non-hydrogen) atoms. The average Bonchev–Trinajstić information content (AvgIpc) is 3.09. The smallest absolute Gasteiger partial charge is 0.151 e. The van der Waals surface area contributed by atoms with E-state index in [2.05, 4.69) is 31.9 Å². The third-order valence-corrected chi connectivity index (χ3v) is 5.04. The minimum Gasteiger partial charge on any atom is -0.313 e. The third kappa shape index (κ3) is 3.34. The van der Waals surface area contributed by atoms with Gasteiger partial charge in [0.1, 0.15) is 16.9 Å². The molecular weight excluding hydrogens is 398 g/mol. The van der Waals surface area contributed by atoms with Crippen LogP contribution in [0.4, 0.5) is 8.78 Å². The van der Waals surface area contributed by atoms with Crippen LogP contribution in [-0.4, -0.2) is 38.3 Å². The van der Waals surface area contributed by atoms with Gasteiger partial charge in [-0.25, -0.2) is 13.5 Å². The first kappa shape index (κ1) is 19.4. The van der Waals surface area contributed by atoms with Gasteiger partial charge < -0.3 is 5.32 Å².